The summed E-state index contributed by atoms with van der Waals surface area (Å²) in [6.07, 6.45) is 5.79. The summed E-state index contributed by atoms with van der Waals surface area (Å²) >= 11 is 1.40. The lowest BCUT2D eigenvalue weighted by atomic mass is 9.79. The van der Waals surface area contributed by atoms with Crippen LogP contribution in [0.25, 0.3) is 10.7 Å². The molecular formula is C17H20N4OS. The molecule has 1 amide bonds. The van der Waals surface area contributed by atoms with Gasteiger partial charge in [-0.2, -0.15) is 0 Å². The predicted octanol–water partition coefficient (Wildman–Crippen LogP) is 2.42. The van der Waals surface area contributed by atoms with Crippen LogP contribution in [0.4, 0.5) is 0 Å². The summed E-state index contributed by atoms with van der Waals surface area (Å²) in [5.41, 5.74) is 0.813. The molecular weight excluding hydrogens is 308 g/mol. The van der Waals surface area contributed by atoms with Gasteiger partial charge in [-0.05, 0) is 50.9 Å². The number of aromatic nitrogens is 2. The minimum absolute atomic E-state index is 0.00437. The Labute approximate surface area is 139 Å². The summed E-state index contributed by atoms with van der Waals surface area (Å²) < 4.78 is 0. The Kier molecular flexibility index (Phi) is 3.87. The third-order valence-electron chi connectivity index (χ3n) is 5.09. The third-order valence-corrected chi connectivity index (χ3v) is 6.11. The van der Waals surface area contributed by atoms with Gasteiger partial charge in [0.1, 0.15) is 9.88 Å². The van der Waals surface area contributed by atoms with Gasteiger partial charge in [0, 0.05) is 18.3 Å². The number of thiazole rings is 1. The first kappa shape index (κ1) is 14.8. The minimum atomic E-state index is -0.00437. The number of carbonyl (C=O) groups excluding carboxylic acids is 1. The molecule has 23 heavy (non-hydrogen) atoms. The molecule has 2 bridgehead atoms. The molecule has 5 heterocycles. The number of piperidine rings is 3. The van der Waals surface area contributed by atoms with Gasteiger partial charge in [0.2, 0.25) is 0 Å². The van der Waals surface area contributed by atoms with Crippen molar-refractivity contribution in [2.24, 2.45) is 5.92 Å². The van der Waals surface area contributed by atoms with E-state index in [1.54, 1.807) is 12.4 Å². The Morgan fingerprint density at radius 1 is 1.30 bits per heavy atom. The maximum Gasteiger partial charge on any atom is 0.263 e. The number of hydrogen-bond donors (Lipinski definition) is 1. The van der Waals surface area contributed by atoms with E-state index in [1.807, 2.05) is 18.2 Å². The van der Waals surface area contributed by atoms with E-state index in [2.05, 4.69) is 27.1 Å². The van der Waals surface area contributed by atoms with Crippen LogP contribution in [-0.2, 0) is 0 Å². The standard InChI is InChI=1S/C17H20N4OS/c1-11-15(12-5-8-21(11)9-6-12)20-16(22)14-10-19-17(23-14)13-4-2-3-7-18-13/h2-4,7,10-12,15H,5-6,8-9H2,1H3,(H,20,22)/t11-,15-/m0/s1. The van der Waals surface area contributed by atoms with Crippen molar-refractivity contribution in [3.05, 3.63) is 35.5 Å². The number of pyridine rings is 1. The number of nitrogens with zero attached hydrogens (tertiary/aromatic N) is 3. The Morgan fingerprint density at radius 2 is 2.13 bits per heavy atom. The molecule has 120 valence electrons. The predicted molar refractivity (Wildman–Crippen MR) is 90.4 cm³/mol. The minimum Gasteiger partial charge on any atom is -0.347 e. The zero-order valence-electron chi connectivity index (χ0n) is 13.1. The van der Waals surface area contributed by atoms with Crippen LogP contribution in [0.3, 0.4) is 0 Å². The zero-order valence-corrected chi connectivity index (χ0v) is 13.9. The number of fused-ring (bicyclic) bond motifs is 3. The van der Waals surface area contributed by atoms with Crippen molar-refractivity contribution in [3.63, 3.8) is 0 Å². The largest absolute Gasteiger partial charge is 0.347 e. The van der Waals surface area contributed by atoms with Crippen molar-refractivity contribution in [1.82, 2.24) is 20.2 Å². The molecule has 1 N–H and O–H groups in total. The van der Waals surface area contributed by atoms with Gasteiger partial charge in [0.05, 0.1) is 11.9 Å². The van der Waals surface area contributed by atoms with Crippen molar-refractivity contribution < 1.29 is 4.79 Å². The molecule has 0 radical (unpaired) electrons. The van der Waals surface area contributed by atoms with Crippen LogP contribution in [0.2, 0.25) is 0 Å². The SMILES string of the molecule is C[C@H]1[C@H](NC(=O)c2cnc(-c3ccccn3)s2)C2CCN1CC2. The average molecular weight is 328 g/mol. The molecule has 3 saturated heterocycles. The van der Waals surface area contributed by atoms with Gasteiger partial charge in [0.25, 0.3) is 5.91 Å². The van der Waals surface area contributed by atoms with E-state index in [9.17, 15) is 4.79 Å². The van der Waals surface area contributed by atoms with Gasteiger partial charge in [-0.25, -0.2) is 4.98 Å². The molecule has 0 aliphatic carbocycles. The lowest BCUT2D eigenvalue weighted by molar-refractivity contribution is 0.0218. The number of hydrogen-bond acceptors (Lipinski definition) is 5. The Bertz CT molecular complexity index is 692. The number of carbonyl (C=O) groups is 1. The summed E-state index contributed by atoms with van der Waals surface area (Å²) in [7, 11) is 0. The van der Waals surface area contributed by atoms with Crippen LogP contribution in [0.15, 0.2) is 30.6 Å². The Balaban J connectivity index is 1.49. The highest BCUT2D eigenvalue weighted by atomic mass is 32.1. The van der Waals surface area contributed by atoms with Crippen LogP contribution >= 0.6 is 11.3 Å². The van der Waals surface area contributed by atoms with Gasteiger partial charge in [-0.15, -0.1) is 11.3 Å². The molecule has 2 aromatic heterocycles. The number of rotatable bonds is 3. The zero-order chi connectivity index (χ0) is 15.8. The summed E-state index contributed by atoms with van der Waals surface area (Å²) in [5.74, 6) is 0.609. The summed E-state index contributed by atoms with van der Waals surface area (Å²) in [4.78, 5) is 24.4. The Hall–Kier alpha value is -1.79. The molecule has 3 fully saturated rings. The maximum atomic E-state index is 12.6. The molecule has 3 aliphatic heterocycles. The monoisotopic (exact) mass is 328 g/mol. The molecule has 0 spiro atoms. The molecule has 6 heteroatoms. The fourth-order valence-electron chi connectivity index (χ4n) is 3.75. The second-order valence-electron chi connectivity index (χ2n) is 6.36. The molecule has 2 atom stereocenters. The van der Waals surface area contributed by atoms with E-state index in [1.165, 1.54) is 37.3 Å². The average Bonchev–Trinajstić information content (AvgIpc) is 3.09. The van der Waals surface area contributed by atoms with E-state index < -0.39 is 0 Å². The van der Waals surface area contributed by atoms with Crippen molar-refractivity contribution in [1.29, 1.82) is 0 Å². The smallest absolute Gasteiger partial charge is 0.263 e. The van der Waals surface area contributed by atoms with Crippen molar-refractivity contribution >= 4 is 17.2 Å². The molecule has 0 unspecified atom stereocenters. The first-order chi connectivity index (χ1) is 11.2. The second kappa shape index (κ2) is 6.02. The molecule has 0 saturated carbocycles. The van der Waals surface area contributed by atoms with E-state index in [-0.39, 0.29) is 11.9 Å². The molecule has 5 rings (SSSR count). The first-order valence-electron chi connectivity index (χ1n) is 8.14. The van der Waals surface area contributed by atoms with E-state index in [0.29, 0.717) is 16.8 Å². The molecule has 3 aliphatic rings. The van der Waals surface area contributed by atoms with Crippen molar-refractivity contribution in [3.8, 4) is 10.7 Å². The van der Waals surface area contributed by atoms with Crippen LogP contribution in [0, 0.1) is 5.92 Å². The van der Waals surface area contributed by atoms with Crippen LogP contribution in [-0.4, -0.2) is 45.9 Å². The Morgan fingerprint density at radius 3 is 2.83 bits per heavy atom. The van der Waals surface area contributed by atoms with Gasteiger partial charge in [0.15, 0.2) is 0 Å². The van der Waals surface area contributed by atoms with Gasteiger partial charge >= 0.3 is 0 Å². The number of amides is 1. The normalized spacial score (nSPS) is 29.4. The topological polar surface area (TPSA) is 58.1 Å². The van der Waals surface area contributed by atoms with E-state index in [0.717, 1.165) is 10.7 Å². The van der Waals surface area contributed by atoms with Crippen molar-refractivity contribution in [2.75, 3.05) is 13.1 Å². The van der Waals surface area contributed by atoms with Crippen molar-refractivity contribution in [2.45, 2.75) is 31.8 Å². The quantitative estimate of drug-likeness (QED) is 0.940. The summed E-state index contributed by atoms with van der Waals surface area (Å²) in [6, 6.07) is 6.40. The third kappa shape index (κ3) is 2.77. The highest BCUT2D eigenvalue weighted by Crippen LogP contribution is 2.32. The lowest BCUT2D eigenvalue weighted by Crippen LogP contribution is -2.62. The van der Waals surface area contributed by atoms with Crippen LogP contribution < -0.4 is 5.32 Å². The van der Waals surface area contributed by atoms with Gasteiger partial charge in [-0.3, -0.25) is 14.7 Å². The molecule has 5 nitrogen and oxygen atoms in total. The molecule has 2 aromatic rings. The van der Waals surface area contributed by atoms with Crippen LogP contribution in [0.1, 0.15) is 29.4 Å². The number of nitrogens with one attached hydrogen (secondary N) is 1. The lowest BCUT2D eigenvalue weighted by Gasteiger charge is -2.49. The van der Waals surface area contributed by atoms with E-state index >= 15 is 0 Å². The van der Waals surface area contributed by atoms with Gasteiger partial charge in [-0.1, -0.05) is 6.07 Å². The summed E-state index contributed by atoms with van der Waals surface area (Å²) in [6.45, 7) is 4.56. The molecule has 0 aromatic carbocycles. The fraction of sp³-hybridized carbons (Fsp3) is 0.471. The summed E-state index contributed by atoms with van der Waals surface area (Å²) in [5, 5.41) is 4.04. The van der Waals surface area contributed by atoms with Gasteiger partial charge < -0.3 is 5.32 Å². The highest BCUT2D eigenvalue weighted by Gasteiger charge is 2.40. The fourth-order valence-corrected chi connectivity index (χ4v) is 4.55. The first-order valence-corrected chi connectivity index (χ1v) is 8.96. The second-order valence-corrected chi connectivity index (χ2v) is 7.39. The highest BCUT2D eigenvalue weighted by molar-refractivity contribution is 7.16. The van der Waals surface area contributed by atoms with Crippen LogP contribution in [0.5, 0.6) is 0 Å². The maximum absolute atomic E-state index is 12.6. The van der Waals surface area contributed by atoms with E-state index in [4.69, 9.17) is 0 Å².